The van der Waals surface area contributed by atoms with Crippen LogP contribution in [0.15, 0.2) is 17.5 Å². The Kier molecular flexibility index (Phi) is 4.76. The number of nitrogens with one attached hydrogen (secondary N) is 1. The lowest BCUT2D eigenvalue weighted by molar-refractivity contribution is 0.543. The molecule has 5 heteroatoms. The van der Waals surface area contributed by atoms with Crippen LogP contribution in [0.5, 0.6) is 0 Å². The molecule has 0 bridgehead atoms. The van der Waals surface area contributed by atoms with E-state index in [2.05, 4.69) is 11.4 Å². The third kappa shape index (κ3) is 4.77. The van der Waals surface area contributed by atoms with Crippen LogP contribution in [0.1, 0.15) is 23.8 Å². The second kappa shape index (κ2) is 5.63. The van der Waals surface area contributed by atoms with Crippen molar-refractivity contribution in [3.63, 3.8) is 0 Å². The first-order chi connectivity index (χ1) is 7.03. The van der Waals surface area contributed by atoms with Crippen molar-refractivity contribution in [1.29, 1.82) is 0 Å². The smallest absolute Gasteiger partial charge is 0.147 e. The van der Waals surface area contributed by atoms with Gasteiger partial charge in [-0.05, 0) is 31.3 Å². The lowest BCUT2D eigenvalue weighted by atomic mass is 10.1. The minimum atomic E-state index is -2.82. The molecule has 0 aromatic carbocycles. The fourth-order valence-electron chi connectivity index (χ4n) is 1.47. The molecule has 0 spiro atoms. The van der Waals surface area contributed by atoms with Gasteiger partial charge in [0.2, 0.25) is 0 Å². The van der Waals surface area contributed by atoms with Gasteiger partial charge in [-0.25, -0.2) is 8.42 Å². The molecule has 0 fully saturated rings. The monoisotopic (exact) mass is 247 g/mol. The van der Waals surface area contributed by atoms with Crippen molar-refractivity contribution in [1.82, 2.24) is 5.32 Å². The van der Waals surface area contributed by atoms with Gasteiger partial charge in [0.1, 0.15) is 9.84 Å². The largest absolute Gasteiger partial charge is 0.312 e. The van der Waals surface area contributed by atoms with Crippen LogP contribution < -0.4 is 5.32 Å². The van der Waals surface area contributed by atoms with Crippen LogP contribution in [0, 0.1) is 0 Å². The first-order valence-electron chi connectivity index (χ1n) is 4.91. The van der Waals surface area contributed by atoms with Gasteiger partial charge in [-0.1, -0.05) is 6.07 Å². The van der Waals surface area contributed by atoms with Gasteiger partial charge in [0.15, 0.2) is 0 Å². The number of hydrogen-bond acceptors (Lipinski definition) is 4. The summed E-state index contributed by atoms with van der Waals surface area (Å²) in [5.41, 5.74) is 0. The number of hydrogen-bond donors (Lipinski definition) is 1. The molecule has 1 unspecified atom stereocenters. The van der Waals surface area contributed by atoms with Crippen molar-refractivity contribution in [2.45, 2.75) is 18.9 Å². The summed E-state index contributed by atoms with van der Waals surface area (Å²) in [6.07, 6.45) is 2.86. The molecule has 1 heterocycles. The fourth-order valence-corrected chi connectivity index (χ4v) is 3.03. The molecule has 0 saturated carbocycles. The Morgan fingerprint density at radius 2 is 2.27 bits per heavy atom. The van der Waals surface area contributed by atoms with Crippen molar-refractivity contribution in [3.8, 4) is 0 Å². The second-order valence-corrected chi connectivity index (χ2v) is 6.87. The summed E-state index contributed by atoms with van der Waals surface area (Å²) in [6.45, 7) is 0. The van der Waals surface area contributed by atoms with Gasteiger partial charge in [-0.3, -0.25) is 0 Å². The molecule has 15 heavy (non-hydrogen) atoms. The molecule has 3 nitrogen and oxygen atoms in total. The van der Waals surface area contributed by atoms with E-state index in [1.807, 2.05) is 18.5 Å². The average molecular weight is 247 g/mol. The van der Waals surface area contributed by atoms with Gasteiger partial charge in [0, 0.05) is 22.9 Å². The van der Waals surface area contributed by atoms with Crippen molar-refractivity contribution < 1.29 is 8.42 Å². The summed E-state index contributed by atoms with van der Waals surface area (Å²) in [5.74, 6) is 0.274. The quantitative estimate of drug-likeness (QED) is 0.834. The number of rotatable bonds is 6. The summed E-state index contributed by atoms with van der Waals surface area (Å²) in [7, 11) is -0.914. The zero-order chi connectivity index (χ0) is 11.3. The zero-order valence-corrected chi connectivity index (χ0v) is 10.7. The summed E-state index contributed by atoms with van der Waals surface area (Å²) < 4.78 is 21.9. The summed E-state index contributed by atoms with van der Waals surface area (Å²) in [5, 5.41) is 5.24. The molecule has 0 aliphatic rings. The average Bonchev–Trinajstić information content (AvgIpc) is 2.63. The van der Waals surface area contributed by atoms with Crippen molar-refractivity contribution in [3.05, 3.63) is 22.4 Å². The molecule has 0 aliphatic carbocycles. The molecule has 1 rings (SSSR count). The molecule has 0 radical (unpaired) electrons. The van der Waals surface area contributed by atoms with E-state index >= 15 is 0 Å². The maximum atomic E-state index is 11.0. The molecule has 86 valence electrons. The fraction of sp³-hybridized carbons (Fsp3) is 0.600. The zero-order valence-electron chi connectivity index (χ0n) is 9.06. The third-order valence-electron chi connectivity index (χ3n) is 2.24. The van der Waals surface area contributed by atoms with Crippen LogP contribution in [0.25, 0.3) is 0 Å². The van der Waals surface area contributed by atoms with Gasteiger partial charge in [0.05, 0.1) is 0 Å². The number of sulfone groups is 1. The predicted molar refractivity (Wildman–Crippen MR) is 65.1 cm³/mol. The Hall–Kier alpha value is -0.390. The molecule has 1 aromatic rings. The molecule has 1 N–H and O–H groups in total. The van der Waals surface area contributed by atoms with E-state index in [4.69, 9.17) is 0 Å². The highest BCUT2D eigenvalue weighted by Gasteiger charge is 2.11. The molecule has 0 aliphatic heterocycles. The van der Waals surface area contributed by atoms with Gasteiger partial charge in [0.25, 0.3) is 0 Å². The molecule has 1 aromatic heterocycles. The highest BCUT2D eigenvalue weighted by Crippen LogP contribution is 2.22. The van der Waals surface area contributed by atoms with Crippen LogP contribution in [-0.4, -0.2) is 27.5 Å². The Balaban J connectivity index is 2.42. The van der Waals surface area contributed by atoms with E-state index in [0.29, 0.717) is 6.42 Å². The van der Waals surface area contributed by atoms with E-state index in [1.54, 1.807) is 11.3 Å². The van der Waals surface area contributed by atoms with E-state index in [-0.39, 0.29) is 11.8 Å². The molecular formula is C10H17NO2S2. The highest BCUT2D eigenvalue weighted by atomic mass is 32.2. The van der Waals surface area contributed by atoms with Crippen LogP contribution >= 0.6 is 11.3 Å². The van der Waals surface area contributed by atoms with Crippen molar-refractivity contribution in [2.75, 3.05) is 19.1 Å². The molecule has 0 saturated heterocycles. The maximum absolute atomic E-state index is 11.0. The number of thiophene rings is 1. The minimum Gasteiger partial charge on any atom is -0.312 e. The standard InChI is InChI=1S/C10H17NO2S2/c1-11-9(10-6-3-7-14-10)5-4-8-15(2,12)13/h3,6-7,9,11H,4-5,8H2,1-2H3. The maximum Gasteiger partial charge on any atom is 0.147 e. The SMILES string of the molecule is CNC(CCCS(C)(=O)=O)c1cccs1. The summed E-state index contributed by atoms with van der Waals surface area (Å²) in [4.78, 5) is 1.27. The normalized spacial score (nSPS) is 14.0. The second-order valence-electron chi connectivity index (χ2n) is 3.63. The van der Waals surface area contributed by atoms with Crippen molar-refractivity contribution in [2.24, 2.45) is 0 Å². The van der Waals surface area contributed by atoms with E-state index in [1.165, 1.54) is 11.1 Å². The van der Waals surface area contributed by atoms with Crippen LogP contribution in [0.2, 0.25) is 0 Å². The predicted octanol–water partition coefficient (Wildman–Crippen LogP) is 1.83. The van der Waals surface area contributed by atoms with Crippen LogP contribution in [-0.2, 0) is 9.84 Å². The van der Waals surface area contributed by atoms with Crippen LogP contribution in [0.3, 0.4) is 0 Å². The van der Waals surface area contributed by atoms with E-state index in [9.17, 15) is 8.42 Å². The van der Waals surface area contributed by atoms with E-state index in [0.717, 1.165) is 6.42 Å². The Labute approximate surface area is 95.4 Å². The summed E-state index contributed by atoms with van der Waals surface area (Å²) >= 11 is 1.70. The lowest BCUT2D eigenvalue weighted by Crippen LogP contribution is -2.16. The van der Waals surface area contributed by atoms with Gasteiger partial charge in [-0.2, -0.15) is 0 Å². The lowest BCUT2D eigenvalue weighted by Gasteiger charge is -2.13. The highest BCUT2D eigenvalue weighted by molar-refractivity contribution is 7.90. The Bertz CT molecular complexity index is 370. The van der Waals surface area contributed by atoms with Crippen molar-refractivity contribution >= 4 is 21.2 Å². The van der Waals surface area contributed by atoms with Gasteiger partial charge >= 0.3 is 0 Å². The van der Waals surface area contributed by atoms with E-state index < -0.39 is 9.84 Å². The van der Waals surface area contributed by atoms with Gasteiger partial charge < -0.3 is 5.32 Å². The Morgan fingerprint density at radius 3 is 2.73 bits per heavy atom. The molecule has 0 amide bonds. The Morgan fingerprint density at radius 1 is 1.53 bits per heavy atom. The molecular weight excluding hydrogens is 230 g/mol. The van der Waals surface area contributed by atoms with Crippen LogP contribution in [0.4, 0.5) is 0 Å². The minimum absolute atomic E-state index is 0.274. The molecule has 1 atom stereocenters. The van der Waals surface area contributed by atoms with Gasteiger partial charge in [-0.15, -0.1) is 11.3 Å². The third-order valence-corrected chi connectivity index (χ3v) is 4.26. The summed E-state index contributed by atoms with van der Waals surface area (Å²) in [6, 6.07) is 4.37. The first-order valence-corrected chi connectivity index (χ1v) is 7.85. The topological polar surface area (TPSA) is 46.2 Å². The first kappa shape index (κ1) is 12.7.